The molecule has 0 bridgehead atoms. The molecule has 0 fully saturated rings. The highest BCUT2D eigenvalue weighted by Gasteiger charge is 2.14. The summed E-state index contributed by atoms with van der Waals surface area (Å²) in [6, 6.07) is 3.11. The predicted octanol–water partition coefficient (Wildman–Crippen LogP) is 1.03. The normalized spacial score (nSPS) is 10.0. The van der Waals surface area contributed by atoms with Crippen LogP contribution in [0.2, 0.25) is 0 Å². The van der Waals surface area contributed by atoms with Gasteiger partial charge in [0.15, 0.2) is 0 Å². The van der Waals surface area contributed by atoms with Gasteiger partial charge in [-0.2, -0.15) is 0 Å². The van der Waals surface area contributed by atoms with Crippen LogP contribution in [-0.2, 0) is 0 Å². The molecule has 2 aromatic rings. The van der Waals surface area contributed by atoms with Crippen LogP contribution in [0.25, 0.3) is 0 Å². The molecule has 0 atom stereocenters. The SMILES string of the molecule is COc1cc(C(=O)Nc2nccc(C)n2)on1. The van der Waals surface area contributed by atoms with Gasteiger partial charge in [-0.3, -0.25) is 10.1 Å². The number of methoxy groups -OCH3 is 1. The van der Waals surface area contributed by atoms with Gasteiger partial charge in [0, 0.05) is 11.9 Å². The van der Waals surface area contributed by atoms with Gasteiger partial charge in [0.1, 0.15) is 0 Å². The van der Waals surface area contributed by atoms with Gasteiger partial charge in [0.2, 0.25) is 11.7 Å². The lowest BCUT2D eigenvalue weighted by atomic mass is 10.4. The zero-order valence-corrected chi connectivity index (χ0v) is 9.30. The van der Waals surface area contributed by atoms with E-state index < -0.39 is 5.91 Å². The minimum absolute atomic E-state index is 0.0342. The van der Waals surface area contributed by atoms with Gasteiger partial charge in [-0.15, -0.1) is 0 Å². The standard InChI is InChI=1S/C10H10N4O3/c1-6-3-4-11-10(12-6)13-9(15)7-5-8(16-2)14-17-7/h3-5H,1-2H3,(H,11,12,13,15). The van der Waals surface area contributed by atoms with Crippen molar-refractivity contribution in [1.82, 2.24) is 15.1 Å². The first-order chi connectivity index (χ1) is 8.19. The van der Waals surface area contributed by atoms with Gasteiger partial charge < -0.3 is 9.26 Å². The van der Waals surface area contributed by atoms with E-state index >= 15 is 0 Å². The molecule has 17 heavy (non-hydrogen) atoms. The van der Waals surface area contributed by atoms with E-state index in [2.05, 4.69) is 20.4 Å². The lowest BCUT2D eigenvalue weighted by Crippen LogP contribution is -2.13. The Morgan fingerprint density at radius 2 is 2.35 bits per heavy atom. The van der Waals surface area contributed by atoms with Crippen molar-refractivity contribution in [2.45, 2.75) is 6.92 Å². The summed E-state index contributed by atoms with van der Waals surface area (Å²) in [7, 11) is 1.43. The second-order valence-corrected chi connectivity index (χ2v) is 3.21. The molecule has 0 aliphatic rings. The van der Waals surface area contributed by atoms with Crippen LogP contribution < -0.4 is 10.1 Å². The maximum Gasteiger partial charge on any atom is 0.296 e. The summed E-state index contributed by atoms with van der Waals surface area (Å²) in [5, 5.41) is 6.00. The topological polar surface area (TPSA) is 90.1 Å². The van der Waals surface area contributed by atoms with Crippen LogP contribution in [0.1, 0.15) is 16.2 Å². The lowest BCUT2D eigenvalue weighted by Gasteiger charge is -2.00. The molecule has 0 radical (unpaired) electrons. The molecule has 0 unspecified atom stereocenters. The number of hydrogen-bond donors (Lipinski definition) is 1. The molecule has 7 nitrogen and oxygen atoms in total. The quantitative estimate of drug-likeness (QED) is 0.853. The third-order valence-electron chi connectivity index (χ3n) is 1.94. The van der Waals surface area contributed by atoms with Crippen LogP contribution in [0.4, 0.5) is 5.95 Å². The number of aryl methyl sites for hydroxylation is 1. The Hall–Kier alpha value is -2.44. The summed E-state index contributed by atoms with van der Waals surface area (Å²) in [5.41, 5.74) is 0.755. The predicted molar refractivity (Wildman–Crippen MR) is 57.8 cm³/mol. The van der Waals surface area contributed by atoms with Crippen LogP contribution in [0, 0.1) is 6.92 Å². The van der Waals surface area contributed by atoms with Crippen LogP contribution in [0.5, 0.6) is 5.88 Å². The summed E-state index contributed by atoms with van der Waals surface area (Å²) >= 11 is 0. The summed E-state index contributed by atoms with van der Waals surface area (Å²) in [6.07, 6.45) is 1.55. The number of anilines is 1. The van der Waals surface area contributed by atoms with Crippen molar-refractivity contribution in [3.05, 3.63) is 29.8 Å². The summed E-state index contributed by atoms with van der Waals surface area (Å²) in [5.74, 6) is 0.00373. The van der Waals surface area contributed by atoms with Crippen molar-refractivity contribution >= 4 is 11.9 Å². The number of hydrogen-bond acceptors (Lipinski definition) is 6. The molecule has 1 amide bonds. The van der Waals surface area contributed by atoms with Crippen molar-refractivity contribution in [2.24, 2.45) is 0 Å². The van der Waals surface area contributed by atoms with Crippen LogP contribution in [-0.4, -0.2) is 28.1 Å². The van der Waals surface area contributed by atoms with Gasteiger partial charge in [0.25, 0.3) is 11.8 Å². The molecule has 1 N–H and O–H groups in total. The molecule has 0 saturated carbocycles. The molecule has 0 saturated heterocycles. The van der Waals surface area contributed by atoms with Gasteiger partial charge >= 0.3 is 0 Å². The summed E-state index contributed by atoms with van der Waals surface area (Å²) in [4.78, 5) is 19.6. The van der Waals surface area contributed by atoms with Gasteiger partial charge in [0.05, 0.1) is 13.2 Å². The number of carbonyl (C=O) groups excluding carboxylic acids is 1. The summed E-state index contributed by atoms with van der Waals surface area (Å²) < 4.78 is 9.58. The van der Waals surface area contributed by atoms with E-state index in [1.165, 1.54) is 13.2 Å². The summed E-state index contributed by atoms with van der Waals surface area (Å²) in [6.45, 7) is 1.80. The number of carbonyl (C=O) groups is 1. The maximum atomic E-state index is 11.7. The number of nitrogens with one attached hydrogen (secondary N) is 1. The smallest absolute Gasteiger partial charge is 0.296 e. The van der Waals surface area contributed by atoms with Crippen LogP contribution >= 0.6 is 0 Å². The monoisotopic (exact) mass is 234 g/mol. The molecule has 0 aliphatic carbocycles. The largest absolute Gasteiger partial charge is 0.479 e. The average molecular weight is 234 g/mol. The van der Waals surface area contributed by atoms with E-state index in [9.17, 15) is 4.79 Å². The Morgan fingerprint density at radius 3 is 3.00 bits per heavy atom. The molecule has 88 valence electrons. The van der Waals surface area contributed by atoms with E-state index in [1.807, 2.05) is 0 Å². The third kappa shape index (κ3) is 2.57. The van der Waals surface area contributed by atoms with Crippen molar-refractivity contribution in [3.8, 4) is 5.88 Å². The fraction of sp³-hybridized carbons (Fsp3) is 0.200. The number of amides is 1. The van der Waals surface area contributed by atoms with Gasteiger partial charge in [-0.1, -0.05) is 0 Å². The van der Waals surface area contributed by atoms with E-state index in [0.717, 1.165) is 5.69 Å². The highest BCUT2D eigenvalue weighted by molar-refractivity contribution is 6.01. The number of aromatic nitrogens is 3. The maximum absolute atomic E-state index is 11.7. The minimum Gasteiger partial charge on any atom is -0.479 e. The first-order valence-corrected chi connectivity index (χ1v) is 4.81. The molecule has 0 aliphatic heterocycles. The molecular formula is C10H10N4O3. The Kier molecular flexibility index (Phi) is 2.99. The van der Waals surface area contributed by atoms with Gasteiger partial charge in [-0.25, -0.2) is 9.97 Å². The second-order valence-electron chi connectivity index (χ2n) is 3.21. The Morgan fingerprint density at radius 1 is 1.53 bits per heavy atom. The first kappa shape index (κ1) is 11.1. The Bertz CT molecular complexity index is 538. The van der Waals surface area contributed by atoms with E-state index in [-0.39, 0.29) is 17.6 Å². The fourth-order valence-electron chi connectivity index (χ4n) is 1.13. The molecule has 7 heteroatoms. The highest BCUT2D eigenvalue weighted by atomic mass is 16.5. The van der Waals surface area contributed by atoms with Crippen molar-refractivity contribution in [1.29, 1.82) is 0 Å². The average Bonchev–Trinajstić information content (AvgIpc) is 2.77. The molecule has 2 heterocycles. The molecule has 2 rings (SSSR count). The molecule has 0 aromatic carbocycles. The second kappa shape index (κ2) is 4.60. The van der Waals surface area contributed by atoms with Crippen molar-refractivity contribution < 1.29 is 14.1 Å². The van der Waals surface area contributed by atoms with Crippen molar-refractivity contribution in [2.75, 3.05) is 12.4 Å². The zero-order valence-electron chi connectivity index (χ0n) is 9.30. The molecular weight excluding hydrogens is 224 g/mol. The zero-order chi connectivity index (χ0) is 12.3. The van der Waals surface area contributed by atoms with E-state index in [0.29, 0.717) is 0 Å². The minimum atomic E-state index is -0.480. The molecule has 2 aromatic heterocycles. The Balaban J connectivity index is 2.11. The number of rotatable bonds is 3. The lowest BCUT2D eigenvalue weighted by molar-refractivity contribution is 0.0986. The fourth-order valence-corrected chi connectivity index (χ4v) is 1.13. The number of nitrogens with zero attached hydrogens (tertiary/aromatic N) is 3. The van der Waals surface area contributed by atoms with Crippen molar-refractivity contribution in [3.63, 3.8) is 0 Å². The van der Waals surface area contributed by atoms with Gasteiger partial charge in [-0.05, 0) is 18.1 Å². The molecule has 0 spiro atoms. The van der Waals surface area contributed by atoms with E-state index in [4.69, 9.17) is 9.26 Å². The van der Waals surface area contributed by atoms with Crippen LogP contribution in [0.15, 0.2) is 22.9 Å². The third-order valence-corrected chi connectivity index (χ3v) is 1.94. The Labute approximate surface area is 96.8 Å². The van der Waals surface area contributed by atoms with Crippen LogP contribution in [0.3, 0.4) is 0 Å². The van der Waals surface area contributed by atoms with E-state index in [1.54, 1.807) is 19.2 Å². The number of ether oxygens (including phenoxy) is 1. The first-order valence-electron chi connectivity index (χ1n) is 4.81. The highest BCUT2D eigenvalue weighted by Crippen LogP contribution is 2.11.